The van der Waals surface area contributed by atoms with Crippen LogP contribution >= 0.6 is 0 Å². The molecule has 2 amide bonds. The van der Waals surface area contributed by atoms with Crippen LogP contribution in [0.25, 0.3) is 5.69 Å². The Morgan fingerprint density at radius 2 is 2.09 bits per heavy atom. The molecular weight excluding hydrogens is 284 g/mol. The van der Waals surface area contributed by atoms with Crippen LogP contribution in [0, 0.1) is 0 Å². The molecule has 1 aliphatic rings. The molecule has 8 heteroatoms. The van der Waals surface area contributed by atoms with Gasteiger partial charge in [0.2, 0.25) is 0 Å². The molecule has 1 aliphatic heterocycles. The minimum Gasteiger partial charge on any atom is -0.381 e. The van der Waals surface area contributed by atoms with Crippen molar-refractivity contribution in [1.29, 1.82) is 0 Å². The minimum absolute atomic E-state index is 0.182. The van der Waals surface area contributed by atoms with Crippen LogP contribution in [0.2, 0.25) is 0 Å². The van der Waals surface area contributed by atoms with Crippen molar-refractivity contribution >= 4 is 6.03 Å². The maximum atomic E-state index is 11.8. The first kappa shape index (κ1) is 14.5. The molecule has 0 bridgehead atoms. The summed E-state index contributed by atoms with van der Waals surface area (Å²) in [6, 6.07) is 3.67. The van der Waals surface area contributed by atoms with Gasteiger partial charge in [0.25, 0.3) is 0 Å². The molecule has 116 valence electrons. The number of nitrogens with one attached hydrogen (secondary N) is 2. The van der Waals surface area contributed by atoms with Gasteiger partial charge in [0.15, 0.2) is 0 Å². The zero-order valence-electron chi connectivity index (χ0n) is 12.1. The number of hydrogen-bond donors (Lipinski definition) is 2. The third kappa shape index (κ3) is 3.79. The van der Waals surface area contributed by atoms with Crippen LogP contribution in [-0.4, -0.2) is 45.3 Å². The maximum Gasteiger partial charge on any atom is 0.315 e. The minimum atomic E-state index is -0.189. The lowest BCUT2D eigenvalue weighted by atomic mass is 10.1. The Labute approximate surface area is 127 Å². The first-order valence-electron chi connectivity index (χ1n) is 7.25. The van der Waals surface area contributed by atoms with E-state index in [2.05, 4.69) is 25.9 Å². The molecule has 2 aromatic heterocycles. The molecule has 2 aromatic rings. The number of ether oxygens (including phenoxy) is 1. The van der Waals surface area contributed by atoms with Gasteiger partial charge in [-0.15, -0.1) is 5.10 Å². The van der Waals surface area contributed by atoms with Crippen molar-refractivity contribution in [2.75, 3.05) is 13.2 Å². The highest BCUT2D eigenvalue weighted by molar-refractivity contribution is 5.74. The molecule has 0 unspecified atom stereocenters. The summed E-state index contributed by atoms with van der Waals surface area (Å²) in [4.78, 5) is 15.8. The zero-order valence-corrected chi connectivity index (χ0v) is 12.1. The second-order valence-electron chi connectivity index (χ2n) is 5.07. The summed E-state index contributed by atoms with van der Waals surface area (Å²) in [5, 5.41) is 13.8. The van der Waals surface area contributed by atoms with Crippen LogP contribution in [0.4, 0.5) is 4.79 Å². The lowest BCUT2D eigenvalue weighted by molar-refractivity contribution is 0.0800. The summed E-state index contributed by atoms with van der Waals surface area (Å²) in [6.07, 6.45) is 6.87. The van der Waals surface area contributed by atoms with E-state index in [4.69, 9.17) is 4.74 Å². The van der Waals surface area contributed by atoms with Gasteiger partial charge in [-0.3, -0.25) is 4.98 Å². The average molecular weight is 302 g/mol. The third-order valence-electron chi connectivity index (χ3n) is 3.45. The summed E-state index contributed by atoms with van der Waals surface area (Å²) in [5.74, 6) is 0. The normalized spacial score (nSPS) is 15.5. The number of carbonyl (C=O) groups is 1. The van der Waals surface area contributed by atoms with Gasteiger partial charge in [0.1, 0.15) is 5.69 Å². The summed E-state index contributed by atoms with van der Waals surface area (Å²) in [5.41, 5.74) is 1.57. The predicted octanol–water partition coefficient (Wildman–Crippen LogP) is 0.640. The molecule has 3 rings (SSSR count). The molecular formula is C14H18N6O2. The first-order valence-corrected chi connectivity index (χ1v) is 7.25. The highest BCUT2D eigenvalue weighted by Crippen LogP contribution is 2.06. The van der Waals surface area contributed by atoms with Gasteiger partial charge in [-0.1, -0.05) is 5.21 Å². The van der Waals surface area contributed by atoms with E-state index >= 15 is 0 Å². The Balaban J connectivity index is 1.49. The monoisotopic (exact) mass is 302 g/mol. The molecule has 1 fully saturated rings. The van der Waals surface area contributed by atoms with Crippen molar-refractivity contribution in [3.63, 3.8) is 0 Å². The Bertz CT molecular complexity index is 609. The molecule has 0 saturated carbocycles. The van der Waals surface area contributed by atoms with E-state index in [0.717, 1.165) is 18.5 Å². The number of urea groups is 1. The molecule has 0 aromatic carbocycles. The van der Waals surface area contributed by atoms with Crippen molar-refractivity contribution in [2.45, 2.75) is 25.4 Å². The predicted molar refractivity (Wildman–Crippen MR) is 78.4 cm³/mol. The topological polar surface area (TPSA) is 94.0 Å². The van der Waals surface area contributed by atoms with Crippen molar-refractivity contribution in [3.8, 4) is 5.69 Å². The van der Waals surface area contributed by atoms with Crippen molar-refractivity contribution in [2.24, 2.45) is 0 Å². The van der Waals surface area contributed by atoms with Gasteiger partial charge >= 0.3 is 6.03 Å². The number of rotatable bonds is 4. The fraction of sp³-hybridized carbons (Fsp3) is 0.429. The van der Waals surface area contributed by atoms with Gasteiger partial charge in [-0.05, 0) is 25.0 Å². The maximum absolute atomic E-state index is 11.8. The van der Waals surface area contributed by atoms with Crippen molar-refractivity contribution in [1.82, 2.24) is 30.6 Å². The standard InChI is InChI=1S/C14H18N6O2/c21-14(17-11-3-7-22-8-4-11)16-9-12-10-20(19-18-12)13-1-5-15-6-2-13/h1-2,5-6,10-11H,3-4,7-9H2,(H2,16,17,21). The van der Waals surface area contributed by atoms with E-state index in [1.807, 2.05) is 12.1 Å². The van der Waals surface area contributed by atoms with E-state index in [0.29, 0.717) is 25.5 Å². The quantitative estimate of drug-likeness (QED) is 0.864. The molecule has 2 N–H and O–H groups in total. The summed E-state index contributed by atoms with van der Waals surface area (Å²) < 4.78 is 6.91. The second kappa shape index (κ2) is 6.99. The zero-order chi connectivity index (χ0) is 15.2. The molecule has 0 radical (unpaired) electrons. The molecule has 0 aliphatic carbocycles. The fourth-order valence-corrected chi connectivity index (χ4v) is 2.25. The number of carbonyl (C=O) groups excluding carboxylic acids is 1. The van der Waals surface area contributed by atoms with Gasteiger partial charge in [0, 0.05) is 31.6 Å². The smallest absolute Gasteiger partial charge is 0.315 e. The Hall–Kier alpha value is -2.48. The van der Waals surface area contributed by atoms with Crippen LogP contribution in [-0.2, 0) is 11.3 Å². The van der Waals surface area contributed by atoms with E-state index in [1.165, 1.54) is 0 Å². The van der Waals surface area contributed by atoms with E-state index in [9.17, 15) is 4.79 Å². The summed E-state index contributed by atoms with van der Waals surface area (Å²) in [6.45, 7) is 1.73. The molecule has 3 heterocycles. The first-order chi connectivity index (χ1) is 10.8. The molecule has 8 nitrogen and oxygen atoms in total. The van der Waals surface area contributed by atoms with Gasteiger partial charge in [-0.25, -0.2) is 9.48 Å². The van der Waals surface area contributed by atoms with Crippen molar-refractivity contribution in [3.05, 3.63) is 36.4 Å². The highest BCUT2D eigenvalue weighted by Gasteiger charge is 2.15. The van der Waals surface area contributed by atoms with Crippen LogP contribution in [0.5, 0.6) is 0 Å². The lowest BCUT2D eigenvalue weighted by Gasteiger charge is -2.23. The Morgan fingerprint density at radius 1 is 1.32 bits per heavy atom. The lowest BCUT2D eigenvalue weighted by Crippen LogP contribution is -2.44. The summed E-state index contributed by atoms with van der Waals surface area (Å²) >= 11 is 0. The highest BCUT2D eigenvalue weighted by atomic mass is 16.5. The van der Waals surface area contributed by atoms with Crippen LogP contribution in [0.3, 0.4) is 0 Å². The Kier molecular flexibility index (Phi) is 4.59. The van der Waals surface area contributed by atoms with Crippen LogP contribution in [0.1, 0.15) is 18.5 Å². The summed E-state index contributed by atoms with van der Waals surface area (Å²) in [7, 11) is 0. The van der Waals surface area contributed by atoms with Gasteiger partial charge < -0.3 is 15.4 Å². The van der Waals surface area contributed by atoms with Crippen molar-refractivity contribution < 1.29 is 9.53 Å². The second-order valence-corrected chi connectivity index (χ2v) is 5.07. The third-order valence-corrected chi connectivity index (χ3v) is 3.45. The van der Waals surface area contributed by atoms with E-state index in [-0.39, 0.29) is 12.1 Å². The molecule has 22 heavy (non-hydrogen) atoms. The number of nitrogens with zero attached hydrogens (tertiary/aromatic N) is 4. The van der Waals surface area contributed by atoms with Crippen LogP contribution in [0.15, 0.2) is 30.7 Å². The number of hydrogen-bond acceptors (Lipinski definition) is 5. The van der Waals surface area contributed by atoms with Gasteiger partial charge in [-0.2, -0.15) is 0 Å². The largest absolute Gasteiger partial charge is 0.381 e. The van der Waals surface area contributed by atoms with E-state index < -0.39 is 0 Å². The van der Waals surface area contributed by atoms with E-state index in [1.54, 1.807) is 23.3 Å². The SMILES string of the molecule is O=C(NCc1cn(-c2ccncc2)nn1)NC1CCOCC1. The molecule has 0 atom stereocenters. The van der Waals surface area contributed by atoms with Gasteiger partial charge in [0.05, 0.1) is 18.4 Å². The van der Waals surface area contributed by atoms with Crippen LogP contribution < -0.4 is 10.6 Å². The molecule has 1 saturated heterocycles. The molecule has 0 spiro atoms. The number of amides is 2. The number of aromatic nitrogens is 4. The fourth-order valence-electron chi connectivity index (χ4n) is 2.25. The Morgan fingerprint density at radius 3 is 2.86 bits per heavy atom. The average Bonchev–Trinajstić information content (AvgIpc) is 3.04. The number of pyridine rings is 1.